The summed E-state index contributed by atoms with van der Waals surface area (Å²) in [5.74, 6) is 0.398. The molecule has 0 bridgehead atoms. The summed E-state index contributed by atoms with van der Waals surface area (Å²) < 4.78 is 0. The van der Waals surface area contributed by atoms with Gasteiger partial charge in [0.25, 0.3) is 0 Å². The SMILES string of the molecule is Cc1ccc([S+](c2ccc(C)cc2)c2cc(C)c(O)c(C)c2)cc1. The molecule has 3 aromatic carbocycles. The van der Waals surface area contributed by atoms with Gasteiger partial charge in [0.1, 0.15) is 5.75 Å². The van der Waals surface area contributed by atoms with Crippen molar-refractivity contribution < 1.29 is 5.11 Å². The molecule has 0 spiro atoms. The van der Waals surface area contributed by atoms with E-state index < -0.39 is 0 Å². The predicted octanol–water partition coefficient (Wildman–Crippen LogP) is 5.72. The number of aryl methyl sites for hydroxylation is 4. The van der Waals surface area contributed by atoms with Gasteiger partial charge in [0.05, 0.1) is 10.9 Å². The summed E-state index contributed by atoms with van der Waals surface area (Å²) in [4.78, 5) is 3.85. The van der Waals surface area contributed by atoms with Crippen molar-refractivity contribution in [3.05, 3.63) is 82.9 Å². The highest BCUT2D eigenvalue weighted by atomic mass is 32.2. The maximum atomic E-state index is 10.1. The number of hydrogen-bond donors (Lipinski definition) is 1. The van der Waals surface area contributed by atoms with Gasteiger partial charge < -0.3 is 5.11 Å². The van der Waals surface area contributed by atoms with Crippen molar-refractivity contribution in [2.45, 2.75) is 42.4 Å². The minimum atomic E-state index is -0.171. The average molecular weight is 335 g/mol. The summed E-state index contributed by atoms with van der Waals surface area (Å²) in [5, 5.41) is 10.1. The zero-order valence-corrected chi connectivity index (χ0v) is 15.4. The first kappa shape index (κ1) is 16.7. The molecule has 0 aromatic heterocycles. The van der Waals surface area contributed by atoms with Crippen molar-refractivity contribution in [1.29, 1.82) is 0 Å². The summed E-state index contributed by atoms with van der Waals surface area (Å²) in [6.07, 6.45) is 0. The Morgan fingerprint density at radius 3 is 1.33 bits per heavy atom. The van der Waals surface area contributed by atoms with Crippen LogP contribution in [0, 0.1) is 27.7 Å². The Morgan fingerprint density at radius 1 is 0.583 bits per heavy atom. The average Bonchev–Trinajstić information content (AvgIpc) is 2.56. The van der Waals surface area contributed by atoms with E-state index in [1.165, 1.54) is 25.8 Å². The number of phenolic OH excluding ortho intramolecular Hbond substituents is 1. The van der Waals surface area contributed by atoms with E-state index in [-0.39, 0.29) is 10.9 Å². The van der Waals surface area contributed by atoms with Gasteiger partial charge in [0, 0.05) is 12.1 Å². The summed E-state index contributed by atoms with van der Waals surface area (Å²) in [6.45, 7) is 8.17. The van der Waals surface area contributed by atoms with Crippen molar-refractivity contribution in [1.82, 2.24) is 0 Å². The second kappa shape index (κ2) is 6.74. The number of aromatic hydroxyl groups is 1. The first-order valence-electron chi connectivity index (χ1n) is 8.13. The zero-order valence-electron chi connectivity index (χ0n) is 14.6. The van der Waals surface area contributed by atoms with Crippen LogP contribution in [-0.4, -0.2) is 5.11 Å². The fraction of sp³-hybridized carbons (Fsp3) is 0.182. The molecule has 3 aromatic rings. The zero-order chi connectivity index (χ0) is 17.3. The fourth-order valence-corrected chi connectivity index (χ4v) is 5.01. The predicted molar refractivity (Wildman–Crippen MR) is 102 cm³/mol. The second-order valence-corrected chi connectivity index (χ2v) is 8.36. The monoisotopic (exact) mass is 335 g/mol. The van der Waals surface area contributed by atoms with Gasteiger partial charge in [-0.1, -0.05) is 35.4 Å². The Morgan fingerprint density at radius 2 is 0.958 bits per heavy atom. The fourth-order valence-electron chi connectivity index (χ4n) is 2.79. The molecule has 1 N–H and O–H groups in total. The first-order valence-corrected chi connectivity index (χ1v) is 9.36. The van der Waals surface area contributed by atoms with Crippen molar-refractivity contribution in [3.8, 4) is 5.75 Å². The molecular weight excluding hydrogens is 312 g/mol. The van der Waals surface area contributed by atoms with Crippen LogP contribution in [0.4, 0.5) is 0 Å². The van der Waals surface area contributed by atoms with Gasteiger partial charge in [0.15, 0.2) is 14.7 Å². The molecule has 0 aliphatic heterocycles. The topological polar surface area (TPSA) is 20.2 Å². The van der Waals surface area contributed by atoms with E-state index in [0.717, 1.165) is 11.1 Å². The van der Waals surface area contributed by atoms with E-state index in [1.54, 1.807) is 0 Å². The Hall–Kier alpha value is -2.19. The lowest BCUT2D eigenvalue weighted by Crippen LogP contribution is -2.06. The Kier molecular flexibility index (Phi) is 4.68. The van der Waals surface area contributed by atoms with Gasteiger partial charge in [-0.3, -0.25) is 0 Å². The molecular formula is C22H23OS+. The van der Waals surface area contributed by atoms with Crippen LogP contribution in [0.25, 0.3) is 0 Å². The van der Waals surface area contributed by atoms with Gasteiger partial charge in [-0.15, -0.1) is 0 Å². The van der Waals surface area contributed by atoms with Crippen LogP contribution in [0.3, 0.4) is 0 Å². The number of benzene rings is 3. The molecule has 0 heterocycles. The Bertz CT molecular complexity index is 780. The van der Waals surface area contributed by atoms with Crippen LogP contribution in [0.15, 0.2) is 75.4 Å². The molecule has 0 atom stereocenters. The Balaban J connectivity index is 2.18. The van der Waals surface area contributed by atoms with Crippen molar-refractivity contribution in [3.63, 3.8) is 0 Å². The molecule has 0 aliphatic carbocycles. The van der Waals surface area contributed by atoms with Crippen LogP contribution >= 0.6 is 0 Å². The van der Waals surface area contributed by atoms with Crippen LogP contribution in [0.2, 0.25) is 0 Å². The molecule has 0 amide bonds. The van der Waals surface area contributed by atoms with Crippen LogP contribution in [0.5, 0.6) is 5.75 Å². The minimum Gasteiger partial charge on any atom is -0.507 e. The summed E-state index contributed by atoms with van der Waals surface area (Å²) in [5.41, 5.74) is 4.40. The molecule has 1 nitrogen and oxygen atoms in total. The van der Waals surface area contributed by atoms with Crippen molar-refractivity contribution in [2.24, 2.45) is 0 Å². The van der Waals surface area contributed by atoms with Gasteiger partial charge in [-0.25, -0.2) is 0 Å². The summed E-state index contributed by atoms with van der Waals surface area (Å²) in [7, 11) is -0.171. The maximum Gasteiger partial charge on any atom is 0.167 e. The molecule has 2 heteroatoms. The van der Waals surface area contributed by atoms with E-state index in [9.17, 15) is 5.11 Å². The number of hydrogen-bond acceptors (Lipinski definition) is 1. The third-order valence-corrected chi connectivity index (χ3v) is 6.41. The molecule has 0 fully saturated rings. The smallest absolute Gasteiger partial charge is 0.167 e. The van der Waals surface area contributed by atoms with E-state index in [1.807, 2.05) is 13.8 Å². The highest BCUT2D eigenvalue weighted by Crippen LogP contribution is 2.35. The molecule has 0 saturated carbocycles. The van der Waals surface area contributed by atoms with Gasteiger partial charge in [0.2, 0.25) is 0 Å². The Labute approximate surface area is 147 Å². The summed E-state index contributed by atoms with van der Waals surface area (Å²) >= 11 is 0. The number of phenols is 1. The van der Waals surface area contributed by atoms with Crippen molar-refractivity contribution >= 4 is 10.9 Å². The largest absolute Gasteiger partial charge is 0.507 e. The lowest BCUT2D eigenvalue weighted by molar-refractivity contribution is 0.466. The quantitative estimate of drug-likeness (QED) is 0.607. The second-order valence-electron chi connectivity index (χ2n) is 6.34. The molecule has 3 rings (SSSR count). The van der Waals surface area contributed by atoms with E-state index in [4.69, 9.17) is 0 Å². The highest BCUT2D eigenvalue weighted by Gasteiger charge is 2.29. The standard InChI is InChI=1S/C22H22OS/c1-15-5-9-19(10-6-15)24(20-11-7-16(2)8-12-20)21-13-17(3)22(23)18(4)14-21/h5-14H,1-4H3/p+1. The third-order valence-electron chi connectivity index (χ3n) is 4.21. The maximum absolute atomic E-state index is 10.1. The normalized spacial score (nSPS) is 11.0. The van der Waals surface area contributed by atoms with Crippen LogP contribution in [-0.2, 0) is 10.9 Å². The van der Waals surface area contributed by atoms with E-state index >= 15 is 0 Å². The molecule has 0 unspecified atom stereocenters. The number of rotatable bonds is 3. The van der Waals surface area contributed by atoms with E-state index in [0.29, 0.717) is 5.75 Å². The van der Waals surface area contributed by atoms with Gasteiger partial charge in [-0.2, -0.15) is 0 Å². The molecule has 0 aliphatic rings. The van der Waals surface area contributed by atoms with Gasteiger partial charge in [-0.05, 0) is 63.1 Å². The third kappa shape index (κ3) is 3.34. The minimum absolute atomic E-state index is 0.171. The van der Waals surface area contributed by atoms with E-state index in [2.05, 4.69) is 74.5 Å². The summed E-state index contributed by atoms with van der Waals surface area (Å²) in [6, 6.07) is 21.8. The van der Waals surface area contributed by atoms with Gasteiger partial charge >= 0.3 is 0 Å². The molecule has 0 saturated heterocycles. The molecule has 24 heavy (non-hydrogen) atoms. The van der Waals surface area contributed by atoms with Crippen LogP contribution < -0.4 is 0 Å². The first-order chi connectivity index (χ1) is 11.5. The molecule has 0 radical (unpaired) electrons. The molecule has 122 valence electrons. The van der Waals surface area contributed by atoms with Crippen molar-refractivity contribution in [2.75, 3.05) is 0 Å². The highest BCUT2D eigenvalue weighted by molar-refractivity contribution is 7.97. The lowest BCUT2D eigenvalue weighted by Gasteiger charge is -2.11. The lowest BCUT2D eigenvalue weighted by atomic mass is 10.1. The van der Waals surface area contributed by atoms with Crippen LogP contribution in [0.1, 0.15) is 22.3 Å².